The SMILES string of the molecule is Cc1cccc(N2CCN(C(=O)[C@H]3c4ccccc4C(=O)N(CC(C)C)[C@@H]3c3cccs3)CC2)c1C. The Morgan fingerprint density at radius 1 is 0.972 bits per heavy atom. The Bertz CT molecular complexity index is 1240. The summed E-state index contributed by atoms with van der Waals surface area (Å²) >= 11 is 1.63. The number of rotatable bonds is 5. The molecule has 1 aromatic heterocycles. The molecule has 5 rings (SSSR count). The molecule has 188 valence electrons. The Labute approximate surface area is 218 Å². The number of aryl methyl sites for hydroxylation is 1. The summed E-state index contributed by atoms with van der Waals surface area (Å²) in [5, 5.41) is 2.04. The molecule has 2 aliphatic heterocycles. The molecule has 36 heavy (non-hydrogen) atoms. The Kier molecular flexibility index (Phi) is 6.89. The van der Waals surface area contributed by atoms with E-state index < -0.39 is 5.92 Å². The maximum atomic E-state index is 14.3. The normalized spacial score (nSPS) is 20.1. The molecule has 3 heterocycles. The third-order valence-electron chi connectivity index (χ3n) is 7.61. The summed E-state index contributed by atoms with van der Waals surface area (Å²) in [6, 6.07) is 18.0. The molecule has 2 amide bonds. The van der Waals surface area contributed by atoms with Gasteiger partial charge in [-0.3, -0.25) is 9.59 Å². The molecule has 0 aliphatic carbocycles. The van der Waals surface area contributed by atoms with Crippen molar-refractivity contribution < 1.29 is 9.59 Å². The van der Waals surface area contributed by atoms with Crippen LogP contribution in [0.15, 0.2) is 60.0 Å². The lowest BCUT2D eigenvalue weighted by Gasteiger charge is -2.45. The summed E-state index contributed by atoms with van der Waals surface area (Å²) in [7, 11) is 0. The van der Waals surface area contributed by atoms with Gasteiger partial charge in [0.1, 0.15) is 0 Å². The van der Waals surface area contributed by atoms with E-state index in [1.54, 1.807) is 11.3 Å². The fourth-order valence-corrected chi connectivity index (χ4v) is 6.55. The molecule has 3 aromatic rings. The predicted octanol–water partition coefficient (Wildman–Crippen LogP) is 5.65. The third-order valence-corrected chi connectivity index (χ3v) is 8.55. The van der Waals surface area contributed by atoms with Gasteiger partial charge in [-0.1, -0.05) is 50.2 Å². The number of carbonyl (C=O) groups excluding carboxylic acids is 2. The Hall–Kier alpha value is -3.12. The molecule has 2 aliphatic rings. The van der Waals surface area contributed by atoms with Gasteiger partial charge in [-0.25, -0.2) is 0 Å². The maximum Gasteiger partial charge on any atom is 0.254 e. The maximum absolute atomic E-state index is 14.3. The van der Waals surface area contributed by atoms with Crippen molar-refractivity contribution in [2.45, 2.75) is 39.7 Å². The van der Waals surface area contributed by atoms with Gasteiger partial charge in [0, 0.05) is 48.9 Å². The van der Waals surface area contributed by atoms with Gasteiger partial charge < -0.3 is 14.7 Å². The molecule has 5 nitrogen and oxygen atoms in total. The number of hydrogen-bond acceptors (Lipinski definition) is 4. The molecule has 0 unspecified atom stereocenters. The van der Waals surface area contributed by atoms with Gasteiger partial charge in [0.05, 0.1) is 12.0 Å². The second-order valence-electron chi connectivity index (χ2n) is 10.4. The first-order chi connectivity index (χ1) is 17.4. The monoisotopic (exact) mass is 501 g/mol. The van der Waals surface area contributed by atoms with Gasteiger partial charge in [-0.2, -0.15) is 0 Å². The molecular formula is C30H35N3O2S. The molecule has 0 radical (unpaired) electrons. The number of piperazine rings is 1. The molecule has 1 saturated heterocycles. The molecule has 2 atom stereocenters. The average Bonchev–Trinajstić information content (AvgIpc) is 3.41. The Morgan fingerprint density at radius 2 is 1.72 bits per heavy atom. The first kappa shape index (κ1) is 24.6. The minimum atomic E-state index is -0.399. The number of amides is 2. The second kappa shape index (κ2) is 10.1. The van der Waals surface area contributed by atoms with E-state index in [4.69, 9.17) is 0 Å². The van der Waals surface area contributed by atoms with Crippen molar-refractivity contribution >= 4 is 28.8 Å². The van der Waals surface area contributed by atoms with Gasteiger partial charge in [0.2, 0.25) is 5.91 Å². The van der Waals surface area contributed by atoms with Crippen molar-refractivity contribution in [1.29, 1.82) is 0 Å². The minimum absolute atomic E-state index is 0.0292. The highest BCUT2D eigenvalue weighted by Crippen LogP contribution is 2.45. The topological polar surface area (TPSA) is 43.9 Å². The van der Waals surface area contributed by atoms with Gasteiger partial charge in [-0.05, 0) is 60.0 Å². The van der Waals surface area contributed by atoms with Crippen molar-refractivity contribution in [2.24, 2.45) is 5.92 Å². The molecule has 6 heteroatoms. The third kappa shape index (κ3) is 4.43. The van der Waals surface area contributed by atoms with Crippen molar-refractivity contribution in [2.75, 3.05) is 37.6 Å². The lowest BCUT2D eigenvalue weighted by atomic mass is 9.80. The van der Waals surface area contributed by atoms with Gasteiger partial charge >= 0.3 is 0 Å². The van der Waals surface area contributed by atoms with E-state index in [-0.39, 0.29) is 17.9 Å². The van der Waals surface area contributed by atoms with Crippen LogP contribution in [0.1, 0.15) is 57.7 Å². The fourth-order valence-electron chi connectivity index (χ4n) is 5.67. The zero-order valence-corrected chi connectivity index (χ0v) is 22.4. The van der Waals surface area contributed by atoms with E-state index in [0.717, 1.165) is 23.5 Å². The number of carbonyl (C=O) groups is 2. The first-order valence-electron chi connectivity index (χ1n) is 12.9. The molecular weight excluding hydrogens is 466 g/mol. The largest absolute Gasteiger partial charge is 0.368 e. The van der Waals surface area contributed by atoms with Crippen LogP contribution >= 0.6 is 11.3 Å². The summed E-state index contributed by atoms with van der Waals surface area (Å²) in [6.07, 6.45) is 0. The van der Waals surface area contributed by atoms with Crippen molar-refractivity contribution in [3.8, 4) is 0 Å². The Morgan fingerprint density at radius 3 is 2.42 bits per heavy atom. The standard InChI is InChI=1S/C30H35N3O2S/c1-20(2)19-33-28(26-13-8-18-36-26)27(23-10-5-6-11-24(23)29(33)34)30(35)32-16-14-31(15-17-32)25-12-7-9-21(3)22(25)4/h5-13,18,20,27-28H,14-17,19H2,1-4H3/t27-,28+/m0/s1. The molecule has 1 fully saturated rings. The molecule has 0 N–H and O–H groups in total. The number of benzene rings is 2. The first-order valence-corrected chi connectivity index (χ1v) is 13.8. The summed E-state index contributed by atoms with van der Waals surface area (Å²) in [6.45, 7) is 12.2. The van der Waals surface area contributed by atoms with Gasteiger partial charge in [0.15, 0.2) is 0 Å². The van der Waals surface area contributed by atoms with E-state index in [0.29, 0.717) is 31.1 Å². The Balaban J connectivity index is 1.47. The summed E-state index contributed by atoms with van der Waals surface area (Å²) in [4.78, 5) is 35.4. The number of hydrogen-bond donors (Lipinski definition) is 0. The van der Waals surface area contributed by atoms with E-state index >= 15 is 0 Å². The molecule has 0 bridgehead atoms. The number of nitrogens with zero attached hydrogens (tertiary/aromatic N) is 3. The van der Waals surface area contributed by atoms with Crippen LogP contribution in [0.3, 0.4) is 0 Å². The van der Waals surface area contributed by atoms with E-state index in [1.807, 2.05) is 45.5 Å². The van der Waals surface area contributed by atoms with Crippen LogP contribution in [-0.2, 0) is 4.79 Å². The molecule has 0 spiro atoms. The zero-order valence-electron chi connectivity index (χ0n) is 21.6. The van der Waals surface area contributed by atoms with E-state index in [1.165, 1.54) is 16.8 Å². The predicted molar refractivity (Wildman–Crippen MR) is 147 cm³/mol. The van der Waals surface area contributed by atoms with Crippen LogP contribution in [0.5, 0.6) is 0 Å². The van der Waals surface area contributed by atoms with Gasteiger partial charge in [0.25, 0.3) is 5.91 Å². The highest BCUT2D eigenvalue weighted by Gasteiger charge is 2.46. The van der Waals surface area contributed by atoms with E-state index in [2.05, 4.69) is 56.9 Å². The van der Waals surface area contributed by atoms with E-state index in [9.17, 15) is 9.59 Å². The number of anilines is 1. The lowest BCUT2D eigenvalue weighted by Crippen LogP contribution is -2.53. The molecule has 2 aromatic carbocycles. The minimum Gasteiger partial charge on any atom is -0.368 e. The average molecular weight is 502 g/mol. The van der Waals surface area contributed by atoms with Crippen LogP contribution in [0.4, 0.5) is 5.69 Å². The van der Waals surface area contributed by atoms with Crippen molar-refractivity contribution in [3.05, 3.63) is 87.1 Å². The van der Waals surface area contributed by atoms with Crippen LogP contribution in [0.2, 0.25) is 0 Å². The van der Waals surface area contributed by atoms with Crippen LogP contribution in [0, 0.1) is 19.8 Å². The second-order valence-corrected chi connectivity index (χ2v) is 11.4. The zero-order chi connectivity index (χ0) is 25.4. The highest BCUT2D eigenvalue weighted by atomic mass is 32.1. The van der Waals surface area contributed by atoms with Crippen LogP contribution < -0.4 is 4.90 Å². The van der Waals surface area contributed by atoms with Crippen LogP contribution in [-0.4, -0.2) is 54.3 Å². The summed E-state index contributed by atoms with van der Waals surface area (Å²) in [5.41, 5.74) is 5.38. The summed E-state index contributed by atoms with van der Waals surface area (Å²) < 4.78 is 0. The van der Waals surface area contributed by atoms with Crippen LogP contribution in [0.25, 0.3) is 0 Å². The summed E-state index contributed by atoms with van der Waals surface area (Å²) in [5.74, 6) is 0.0614. The van der Waals surface area contributed by atoms with Gasteiger partial charge in [-0.15, -0.1) is 11.3 Å². The number of thiophene rings is 1. The molecule has 0 saturated carbocycles. The quantitative estimate of drug-likeness (QED) is 0.454. The number of fused-ring (bicyclic) bond motifs is 1. The van der Waals surface area contributed by atoms with Crippen molar-refractivity contribution in [1.82, 2.24) is 9.80 Å². The smallest absolute Gasteiger partial charge is 0.254 e. The fraction of sp³-hybridized carbons (Fsp3) is 0.400. The lowest BCUT2D eigenvalue weighted by molar-refractivity contribution is -0.135. The highest BCUT2D eigenvalue weighted by molar-refractivity contribution is 7.10. The van der Waals surface area contributed by atoms with Crippen molar-refractivity contribution in [3.63, 3.8) is 0 Å².